The van der Waals surface area contributed by atoms with E-state index >= 15 is 0 Å². The Morgan fingerprint density at radius 1 is 1.32 bits per heavy atom. The third kappa shape index (κ3) is 3.73. The van der Waals surface area contributed by atoms with Crippen molar-refractivity contribution >= 4 is 23.6 Å². The number of aliphatic carboxylic acids is 1. The molecule has 1 amide bonds. The summed E-state index contributed by atoms with van der Waals surface area (Å²) in [7, 11) is 0. The Kier molecular flexibility index (Phi) is 4.85. The molecule has 1 saturated heterocycles. The van der Waals surface area contributed by atoms with E-state index < -0.39 is 12.0 Å². The predicted molar refractivity (Wildman–Crippen MR) is 75.0 cm³/mol. The molecule has 0 aromatic heterocycles. The molecule has 2 rings (SSSR count). The van der Waals surface area contributed by atoms with E-state index in [-0.39, 0.29) is 5.91 Å². The number of aryl methyl sites for hydroxylation is 1. The number of benzene rings is 1. The first kappa shape index (κ1) is 13.9. The summed E-state index contributed by atoms with van der Waals surface area (Å²) in [4.78, 5) is 24.5. The highest BCUT2D eigenvalue weighted by Crippen LogP contribution is 2.22. The van der Waals surface area contributed by atoms with Gasteiger partial charge in [0.1, 0.15) is 6.04 Å². The molecule has 0 bridgehead atoms. The number of nitrogens with zero attached hydrogens (tertiary/aromatic N) is 1. The second-order valence-corrected chi connectivity index (χ2v) is 5.56. The number of carbonyl (C=O) groups is 2. The molecule has 1 fully saturated rings. The zero-order valence-corrected chi connectivity index (χ0v) is 11.4. The van der Waals surface area contributed by atoms with Gasteiger partial charge in [0, 0.05) is 12.2 Å². The number of hydrogen-bond donors (Lipinski definition) is 1. The first-order valence-electron chi connectivity index (χ1n) is 6.32. The van der Waals surface area contributed by atoms with E-state index in [2.05, 4.69) is 0 Å². The summed E-state index contributed by atoms with van der Waals surface area (Å²) >= 11 is 1.50. The number of hydrogen-bond acceptors (Lipinski definition) is 3. The van der Waals surface area contributed by atoms with Crippen LogP contribution >= 0.6 is 11.8 Å². The normalized spacial score (nSPS) is 18.5. The van der Waals surface area contributed by atoms with Crippen molar-refractivity contribution in [2.45, 2.75) is 25.3 Å². The van der Waals surface area contributed by atoms with Gasteiger partial charge in [-0.1, -0.05) is 30.3 Å². The largest absolute Gasteiger partial charge is 0.480 e. The molecule has 0 aliphatic carbocycles. The van der Waals surface area contributed by atoms with Crippen LogP contribution in [0.1, 0.15) is 18.4 Å². The average Bonchev–Trinajstić information content (AvgIpc) is 2.89. The van der Waals surface area contributed by atoms with Crippen molar-refractivity contribution in [2.75, 3.05) is 11.6 Å². The quantitative estimate of drug-likeness (QED) is 0.895. The number of rotatable bonds is 5. The van der Waals surface area contributed by atoms with E-state index in [1.165, 1.54) is 22.2 Å². The van der Waals surface area contributed by atoms with Crippen LogP contribution in [0.25, 0.3) is 0 Å². The Hall–Kier alpha value is -1.49. The fourth-order valence-electron chi connectivity index (χ4n) is 2.13. The molecule has 0 unspecified atom stereocenters. The molecule has 1 aliphatic heterocycles. The highest BCUT2D eigenvalue weighted by atomic mass is 32.2. The first-order chi connectivity index (χ1) is 9.18. The number of carbonyl (C=O) groups excluding carboxylic acids is 1. The maximum atomic E-state index is 12.0. The zero-order chi connectivity index (χ0) is 13.7. The van der Waals surface area contributed by atoms with Gasteiger partial charge < -0.3 is 10.0 Å². The van der Waals surface area contributed by atoms with Gasteiger partial charge in [-0.25, -0.2) is 4.79 Å². The molecule has 0 spiro atoms. The van der Waals surface area contributed by atoms with Gasteiger partial charge in [-0.3, -0.25) is 4.79 Å². The summed E-state index contributed by atoms with van der Waals surface area (Å²) < 4.78 is 0. The molecular weight excluding hydrogens is 262 g/mol. The number of carboxylic acids is 1. The Bertz CT molecular complexity index is 449. The highest BCUT2D eigenvalue weighted by Gasteiger charge is 2.33. The lowest BCUT2D eigenvalue weighted by molar-refractivity contribution is -0.147. The van der Waals surface area contributed by atoms with Crippen LogP contribution in [-0.4, -0.2) is 39.6 Å². The molecular formula is C14H17NO3S. The lowest BCUT2D eigenvalue weighted by Crippen LogP contribution is -2.41. The Labute approximate surface area is 116 Å². The molecule has 1 aliphatic rings. The molecule has 4 nitrogen and oxygen atoms in total. The minimum absolute atomic E-state index is 0.0478. The van der Waals surface area contributed by atoms with Crippen LogP contribution in [0.3, 0.4) is 0 Å². The van der Waals surface area contributed by atoms with Gasteiger partial charge in [-0.2, -0.15) is 0 Å². The van der Waals surface area contributed by atoms with Crippen LogP contribution in [0.2, 0.25) is 0 Å². The van der Waals surface area contributed by atoms with Gasteiger partial charge in [-0.05, 0) is 18.4 Å². The topological polar surface area (TPSA) is 57.6 Å². The maximum Gasteiger partial charge on any atom is 0.327 e. The summed E-state index contributed by atoms with van der Waals surface area (Å²) in [6.45, 7) is 0. The molecule has 0 saturated carbocycles. The molecule has 1 aromatic rings. The van der Waals surface area contributed by atoms with Crippen molar-refractivity contribution in [1.29, 1.82) is 0 Å². The van der Waals surface area contributed by atoms with E-state index in [1.54, 1.807) is 0 Å². The van der Waals surface area contributed by atoms with Gasteiger partial charge in [0.25, 0.3) is 0 Å². The van der Waals surface area contributed by atoms with Crippen molar-refractivity contribution in [3.8, 4) is 0 Å². The summed E-state index contributed by atoms with van der Waals surface area (Å²) in [6, 6.07) is 9.36. The standard InChI is InChI=1S/C14H17NO3S/c16-13(15-10-19-9-12(15)14(17)18)8-4-7-11-5-2-1-3-6-11/h1-3,5-6,12H,4,7-10H2,(H,17,18)/t12-/m0/s1. The van der Waals surface area contributed by atoms with Crippen molar-refractivity contribution in [3.63, 3.8) is 0 Å². The molecule has 1 heterocycles. The number of amides is 1. The molecule has 1 aromatic carbocycles. The van der Waals surface area contributed by atoms with Crippen LogP contribution < -0.4 is 0 Å². The van der Waals surface area contributed by atoms with Crippen LogP contribution in [0.15, 0.2) is 30.3 Å². The van der Waals surface area contributed by atoms with E-state index in [4.69, 9.17) is 5.11 Å². The molecule has 5 heteroatoms. The first-order valence-corrected chi connectivity index (χ1v) is 7.48. The smallest absolute Gasteiger partial charge is 0.327 e. The van der Waals surface area contributed by atoms with E-state index in [1.807, 2.05) is 30.3 Å². The molecule has 1 atom stereocenters. The Balaban J connectivity index is 1.80. The molecule has 102 valence electrons. The van der Waals surface area contributed by atoms with E-state index in [9.17, 15) is 9.59 Å². The minimum atomic E-state index is -0.901. The van der Waals surface area contributed by atoms with Crippen LogP contribution in [0, 0.1) is 0 Å². The number of carboxylic acid groups (broad SMARTS) is 1. The van der Waals surface area contributed by atoms with E-state index in [0.29, 0.717) is 18.1 Å². The lowest BCUT2D eigenvalue weighted by Gasteiger charge is -2.20. The zero-order valence-electron chi connectivity index (χ0n) is 10.6. The van der Waals surface area contributed by atoms with Crippen molar-refractivity contribution in [3.05, 3.63) is 35.9 Å². The van der Waals surface area contributed by atoms with Gasteiger partial charge >= 0.3 is 5.97 Å². The Morgan fingerprint density at radius 2 is 2.05 bits per heavy atom. The maximum absolute atomic E-state index is 12.0. The van der Waals surface area contributed by atoms with Gasteiger partial charge in [0.05, 0.1) is 5.88 Å². The summed E-state index contributed by atoms with van der Waals surface area (Å²) in [5, 5.41) is 9.03. The Morgan fingerprint density at radius 3 is 2.74 bits per heavy atom. The number of thioether (sulfide) groups is 1. The highest BCUT2D eigenvalue weighted by molar-refractivity contribution is 7.99. The van der Waals surface area contributed by atoms with Crippen LogP contribution in [0.4, 0.5) is 0 Å². The van der Waals surface area contributed by atoms with Crippen molar-refractivity contribution < 1.29 is 14.7 Å². The van der Waals surface area contributed by atoms with Crippen molar-refractivity contribution in [2.24, 2.45) is 0 Å². The van der Waals surface area contributed by atoms with Gasteiger partial charge in [0.15, 0.2) is 0 Å². The second-order valence-electron chi connectivity index (χ2n) is 4.56. The monoisotopic (exact) mass is 279 g/mol. The third-order valence-corrected chi connectivity index (χ3v) is 4.20. The predicted octanol–water partition coefficient (Wildman–Crippen LogP) is 2.00. The minimum Gasteiger partial charge on any atom is -0.480 e. The average molecular weight is 279 g/mol. The molecule has 0 radical (unpaired) electrons. The van der Waals surface area contributed by atoms with Gasteiger partial charge in [-0.15, -0.1) is 11.8 Å². The molecule has 19 heavy (non-hydrogen) atoms. The summed E-state index contributed by atoms with van der Waals surface area (Å²) in [5.41, 5.74) is 1.21. The third-order valence-electron chi connectivity index (χ3n) is 3.19. The van der Waals surface area contributed by atoms with Crippen LogP contribution in [0.5, 0.6) is 0 Å². The second kappa shape index (κ2) is 6.61. The fourth-order valence-corrected chi connectivity index (χ4v) is 3.30. The van der Waals surface area contributed by atoms with Crippen LogP contribution in [-0.2, 0) is 16.0 Å². The fraction of sp³-hybridized carbons (Fsp3) is 0.429. The van der Waals surface area contributed by atoms with Crippen molar-refractivity contribution in [1.82, 2.24) is 4.90 Å². The lowest BCUT2D eigenvalue weighted by atomic mass is 10.1. The summed E-state index contributed by atoms with van der Waals surface area (Å²) in [5.74, 6) is 0.0516. The summed E-state index contributed by atoms with van der Waals surface area (Å²) in [6.07, 6.45) is 2.03. The SMILES string of the molecule is O=C(O)[C@@H]1CSCN1C(=O)CCCc1ccccc1. The van der Waals surface area contributed by atoms with Gasteiger partial charge in [0.2, 0.25) is 5.91 Å². The molecule has 1 N–H and O–H groups in total. The van der Waals surface area contributed by atoms with E-state index in [0.717, 1.165) is 12.8 Å².